The SMILES string of the molecule is Cc1cccc(C)c1NC(=O)CNC(=O)[C@@H](C)[NH2+][C@H]1CCCc2ccccc21. The van der Waals surface area contributed by atoms with Gasteiger partial charge in [-0.25, -0.2) is 0 Å². The van der Waals surface area contributed by atoms with Gasteiger partial charge < -0.3 is 16.0 Å². The van der Waals surface area contributed by atoms with Crippen LogP contribution in [-0.4, -0.2) is 24.4 Å². The quantitative estimate of drug-likeness (QED) is 0.720. The summed E-state index contributed by atoms with van der Waals surface area (Å²) in [6.07, 6.45) is 3.33. The summed E-state index contributed by atoms with van der Waals surface area (Å²) in [4.78, 5) is 24.8. The van der Waals surface area contributed by atoms with Crippen molar-refractivity contribution in [3.05, 3.63) is 64.7 Å². The molecule has 2 aromatic rings. The second-order valence-corrected chi connectivity index (χ2v) is 7.71. The Labute approximate surface area is 166 Å². The van der Waals surface area contributed by atoms with E-state index in [0.717, 1.165) is 36.1 Å². The monoisotopic (exact) mass is 380 g/mol. The van der Waals surface area contributed by atoms with E-state index in [1.807, 2.05) is 39.0 Å². The lowest BCUT2D eigenvalue weighted by Crippen LogP contribution is -2.92. The maximum atomic E-state index is 12.5. The molecule has 5 heteroatoms. The number of amides is 2. The zero-order chi connectivity index (χ0) is 20.1. The van der Waals surface area contributed by atoms with Crippen LogP contribution in [0, 0.1) is 13.8 Å². The fourth-order valence-electron chi connectivity index (χ4n) is 3.95. The number of hydrogen-bond acceptors (Lipinski definition) is 2. The fraction of sp³-hybridized carbons (Fsp3) is 0.391. The van der Waals surface area contributed by atoms with Crippen molar-refractivity contribution in [3.8, 4) is 0 Å². The average Bonchev–Trinajstić information content (AvgIpc) is 2.69. The Morgan fingerprint density at radius 2 is 1.82 bits per heavy atom. The largest absolute Gasteiger partial charge is 0.342 e. The predicted octanol–water partition coefficient (Wildman–Crippen LogP) is 2.39. The van der Waals surface area contributed by atoms with Crippen molar-refractivity contribution in [1.29, 1.82) is 0 Å². The van der Waals surface area contributed by atoms with Gasteiger partial charge in [-0.2, -0.15) is 0 Å². The first kappa shape index (κ1) is 20.1. The molecule has 3 rings (SSSR count). The van der Waals surface area contributed by atoms with E-state index in [-0.39, 0.29) is 24.4 Å². The second kappa shape index (κ2) is 9.02. The van der Waals surface area contributed by atoms with Gasteiger partial charge in [-0.1, -0.05) is 42.5 Å². The molecule has 0 unspecified atom stereocenters. The van der Waals surface area contributed by atoms with Gasteiger partial charge in [0.1, 0.15) is 6.04 Å². The van der Waals surface area contributed by atoms with Crippen molar-refractivity contribution in [2.45, 2.75) is 52.1 Å². The number of para-hydroxylation sites is 1. The third kappa shape index (κ3) is 4.78. The zero-order valence-corrected chi connectivity index (χ0v) is 16.9. The van der Waals surface area contributed by atoms with Gasteiger partial charge in [-0.15, -0.1) is 0 Å². The van der Waals surface area contributed by atoms with Gasteiger partial charge in [0, 0.05) is 17.7 Å². The van der Waals surface area contributed by atoms with Crippen LogP contribution in [-0.2, 0) is 16.0 Å². The summed E-state index contributed by atoms with van der Waals surface area (Å²) < 4.78 is 0. The van der Waals surface area contributed by atoms with Gasteiger partial charge in [0.05, 0.1) is 6.54 Å². The standard InChI is InChI=1S/C23H29N3O2/c1-15-8-6-9-16(2)22(15)26-21(27)14-24-23(28)17(3)25-20-13-7-11-18-10-4-5-12-19(18)20/h4-6,8-10,12,17,20,25H,7,11,13-14H2,1-3H3,(H,24,28)(H,26,27)/p+1/t17-,20+/m1/s1. The molecule has 1 aliphatic rings. The number of benzene rings is 2. The molecule has 5 nitrogen and oxygen atoms in total. The lowest BCUT2D eigenvalue weighted by atomic mass is 9.87. The Balaban J connectivity index is 1.52. The van der Waals surface area contributed by atoms with Crippen molar-refractivity contribution in [3.63, 3.8) is 0 Å². The van der Waals surface area contributed by atoms with E-state index < -0.39 is 0 Å². The molecule has 0 heterocycles. The number of nitrogens with two attached hydrogens (primary N) is 1. The van der Waals surface area contributed by atoms with Gasteiger partial charge >= 0.3 is 0 Å². The average molecular weight is 381 g/mol. The van der Waals surface area contributed by atoms with E-state index in [2.05, 4.69) is 40.2 Å². The third-order valence-electron chi connectivity index (χ3n) is 5.52. The number of rotatable bonds is 6. The molecule has 0 saturated heterocycles. The summed E-state index contributed by atoms with van der Waals surface area (Å²) in [5.74, 6) is -0.319. The van der Waals surface area contributed by atoms with Crippen LogP contribution in [0.5, 0.6) is 0 Å². The van der Waals surface area contributed by atoms with Crippen LogP contribution in [0.1, 0.15) is 48.1 Å². The molecule has 0 saturated carbocycles. The first-order chi connectivity index (χ1) is 13.5. The Morgan fingerprint density at radius 1 is 1.11 bits per heavy atom. The lowest BCUT2D eigenvalue weighted by molar-refractivity contribution is -0.714. The number of aryl methyl sites for hydroxylation is 3. The molecule has 2 amide bonds. The third-order valence-corrected chi connectivity index (χ3v) is 5.52. The maximum Gasteiger partial charge on any atom is 0.278 e. The van der Waals surface area contributed by atoms with Crippen molar-refractivity contribution in [2.75, 3.05) is 11.9 Å². The number of nitrogens with one attached hydrogen (secondary N) is 2. The molecule has 2 atom stereocenters. The molecule has 1 aliphatic carbocycles. The first-order valence-corrected chi connectivity index (χ1v) is 10.0. The van der Waals surface area contributed by atoms with Crippen LogP contribution in [0.2, 0.25) is 0 Å². The lowest BCUT2D eigenvalue weighted by Gasteiger charge is -2.26. The molecule has 0 bridgehead atoms. The molecule has 148 valence electrons. The highest BCUT2D eigenvalue weighted by Gasteiger charge is 2.27. The summed E-state index contributed by atoms with van der Waals surface area (Å²) in [5, 5.41) is 7.80. The molecule has 0 aromatic heterocycles. The van der Waals surface area contributed by atoms with Gasteiger partial charge in [0.2, 0.25) is 5.91 Å². The Kier molecular flexibility index (Phi) is 6.47. The highest BCUT2D eigenvalue weighted by molar-refractivity contribution is 5.96. The van der Waals surface area contributed by atoms with Gasteiger partial charge in [0.25, 0.3) is 5.91 Å². The van der Waals surface area contributed by atoms with E-state index in [0.29, 0.717) is 6.04 Å². The number of carbonyl (C=O) groups excluding carboxylic acids is 2. The van der Waals surface area contributed by atoms with Crippen LogP contribution in [0.15, 0.2) is 42.5 Å². The summed E-state index contributed by atoms with van der Waals surface area (Å²) >= 11 is 0. The molecule has 0 aliphatic heterocycles. The summed E-state index contributed by atoms with van der Waals surface area (Å²) in [5.41, 5.74) is 5.56. The van der Waals surface area contributed by atoms with E-state index in [1.54, 1.807) is 0 Å². The van der Waals surface area contributed by atoms with Gasteiger partial charge in [-0.05, 0) is 50.3 Å². The molecule has 0 fully saturated rings. The Morgan fingerprint density at radius 3 is 2.57 bits per heavy atom. The zero-order valence-electron chi connectivity index (χ0n) is 16.9. The molecule has 0 spiro atoms. The number of carbonyl (C=O) groups is 2. The first-order valence-electron chi connectivity index (χ1n) is 10.0. The smallest absolute Gasteiger partial charge is 0.278 e. The highest BCUT2D eigenvalue weighted by Crippen LogP contribution is 2.26. The molecule has 28 heavy (non-hydrogen) atoms. The topological polar surface area (TPSA) is 74.8 Å². The van der Waals surface area contributed by atoms with Crippen LogP contribution >= 0.6 is 0 Å². The summed E-state index contributed by atoms with van der Waals surface area (Å²) in [6.45, 7) is 5.79. The van der Waals surface area contributed by atoms with Gasteiger partial charge in [-0.3, -0.25) is 9.59 Å². The van der Waals surface area contributed by atoms with Crippen molar-refractivity contribution in [2.24, 2.45) is 0 Å². The number of hydrogen-bond donors (Lipinski definition) is 3. The molecular formula is C23H30N3O2+. The second-order valence-electron chi connectivity index (χ2n) is 7.71. The van der Waals surface area contributed by atoms with E-state index in [4.69, 9.17) is 0 Å². The minimum atomic E-state index is -0.246. The maximum absolute atomic E-state index is 12.5. The minimum absolute atomic E-state index is 0.0218. The van der Waals surface area contributed by atoms with Crippen molar-refractivity contribution < 1.29 is 14.9 Å². The van der Waals surface area contributed by atoms with Crippen molar-refractivity contribution >= 4 is 17.5 Å². The molecule has 4 N–H and O–H groups in total. The Bertz CT molecular complexity index is 842. The van der Waals surface area contributed by atoms with Crippen LogP contribution in [0.3, 0.4) is 0 Å². The fourth-order valence-corrected chi connectivity index (χ4v) is 3.95. The molecule has 0 radical (unpaired) electrons. The van der Waals surface area contributed by atoms with E-state index in [9.17, 15) is 9.59 Å². The Hall–Kier alpha value is -2.66. The molecular weight excluding hydrogens is 350 g/mol. The highest BCUT2D eigenvalue weighted by atomic mass is 16.2. The number of anilines is 1. The van der Waals surface area contributed by atoms with E-state index in [1.165, 1.54) is 11.1 Å². The normalized spacial score (nSPS) is 16.8. The number of fused-ring (bicyclic) bond motifs is 1. The van der Waals surface area contributed by atoms with Crippen LogP contribution in [0.4, 0.5) is 5.69 Å². The van der Waals surface area contributed by atoms with Gasteiger partial charge in [0.15, 0.2) is 6.04 Å². The van der Waals surface area contributed by atoms with Crippen molar-refractivity contribution in [1.82, 2.24) is 5.32 Å². The van der Waals surface area contributed by atoms with E-state index >= 15 is 0 Å². The minimum Gasteiger partial charge on any atom is -0.342 e. The summed E-state index contributed by atoms with van der Waals surface area (Å²) in [7, 11) is 0. The number of quaternary nitrogens is 1. The van der Waals surface area contributed by atoms with Crippen LogP contribution < -0.4 is 16.0 Å². The molecule has 2 aromatic carbocycles. The predicted molar refractivity (Wildman–Crippen MR) is 111 cm³/mol. The van der Waals surface area contributed by atoms with Crippen LogP contribution in [0.25, 0.3) is 0 Å². The summed E-state index contributed by atoms with van der Waals surface area (Å²) in [6, 6.07) is 14.4.